The molecule has 21 heavy (non-hydrogen) atoms. The molecular formula is C16H25N3OS. The average molecular weight is 307 g/mol. The molecule has 0 saturated carbocycles. The fourth-order valence-electron chi connectivity index (χ4n) is 2.04. The number of thiocarbonyl (C=S) groups is 1. The van der Waals surface area contributed by atoms with E-state index in [0.29, 0.717) is 30.5 Å². The second-order valence-electron chi connectivity index (χ2n) is 5.76. The predicted molar refractivity (Wildman–Crippen MR) is 91.3 cm³/mol. The molecule has 0 spiro atoms. The summed E-state index contributed by atoms with van der Waals surface area (Å²) < 4.78 is 0. The van der Waals surface area contributed by atoms with Crippen molar-refractivity contribution in [3.05, 3.63) is 35.9 Å². The van der Waals surface area contributed by atoms with Crippen LogP contribution in [-0.4, -0.2) is 42.5 Å². The zero-order chi connectivity index (χ0) is 15.8. The van der Waals surface area contributed by atoms with Crippen LogP contribution in [0.25, 0.3) is 0 Å². The zero-order valence-electron chi connectivity index (χ0n) is 13.0. The minimum Gasteiger partial charge on any atom is -0.393 e. The Bertz CT molecular complexity index is 462. The van der Waals surface area contributed by atoms with Crippen molar-refractivity contribution >= 4 is 23.1 Å². The molecule has 116 valence electrons. The lowest BCUT2D eigenvalue weighted by Gasteiger charge is -2.23. The smallest absolute Gasteiger partial charge is 0.234 e. The summed E-state index contributed by atoms with van der Waals surface area (Å²) in [6.45, 7) is 5.82. The standard InChI is InChI=1S/C16H25N3OS/c1-12(2)9-18-15(20)11-19(3)10-14(16(17)21)13-7-5-4-6-8-13/h4-8,12,14H,9-11H2,1-3H3,(H2,17,21)(H,18,20). The summed E-state index contributed by atoms with van der Waals surface area (Å²) in [5, 5.41) is 2.91. The average Bonchev–Trinajstić information content (AvgIpc) is 2.43. The number of nitrogens with one attached hydrogen (secondary N) is 1. The highest BCUT2D eigenvalue weighted by Gasteiger charge is 2.18. The Morgan fingerprint density at radius 1 is 1.33 bits per heavy atom. The van der Waals surface area contributed by atoms with E-state index in [0.717, 1.165) is 5.56 Å². The Kier molecular flexibility index (Phi) is 7.32. The lowest BCUT2D eigenvalue weighted by Crippen LogP contribution is -2.40. The largest absolute Gasteiger partial charge is 0.393 e. The van der Waals surface area contributed by atoms with E-state index in [2.05, 4.69) is 19.2 Å². The van der Waals surface area contributed by atoms with Gasteiger partial charge in [-0.15, -0.1) is 0 Å². The summed E-state index contributed by atoms with van der Waals surface area (Å²) in [6.07, 6.45) is 0. The fourth-order valence-corrected chi connectivity index (χ4v) is 2.25. The van der Waals surface area contributed by atoms with Gasteiger partial charge in [-0.05, 0) is 18.5 Å². The first kappa shape index (κ1) is 17.6. The van der Waals surface area contributed by atoms with Crippen molar-refractivity contribution in [2.45, 2.75) is 19.8 Å². The molecule has 1 rings (SSSR count). The molecule has 1 amide bonds. The number of carbonyl (C=O) groups is 1. The highest BCUT2D eigenvalue weighted by atomic mass is 32.1. The number of benzene rings is 1. The molecule has 0 aromatic heterocycles. The first-order valence-corrected chi connectivity index (χ1v) is 7.60. The normalized spacial score (nSPS) is 12.4. The molecule has 1 aromatic carbocycles. The molecular weight excluding hydrogens is 282 g/mol. The van der Waals surface area contributed by atoms with Crippen LogP contribution in [0, 0.1) is 5.92 Å². The minimum atomic E-state index is -0.0379. The van der Waals surface area contributed by atoms with Crippen molar-refractivity contribution in [3.63, 3.8) is 0 Å². The van der Waals surface area contributed by atoms with E-state index in [1.807, 2.05) is 42.3 Å². The molecule has 0 heterocycles. The quantitative estimate of drug-likeness (QED) is 0.719. The molecule has 0 saturated heterocycles. The Hall–Kier alpha value is -1.46. The Morgan fingerprint density at radius 3 is 2.48 bits per heavy atom. The van der Waals surface area contributed by atoms with Crippen LogP contribution in [0.3, 0.4) is 0 Å². The molecule has 4 nitrogen and oxygen atoms in total. The number of likely N-dealkylation sites (N-methyl/N-ethyl adjacent to an activating group) is 1. The van der Waals surface area contributed by atoms with Gasteiger partial charge in [0.1, 0.15) is 0 Å². The Balaban J connectivity index is 2.56. The van der Waals surface area contributed by atoms with Crippen LogP contribution >= 0.6 is 12.2 Å². The molecule has 1 aromatic rings. The summed E-state index contributed by atoms with van der Waals surface area (Å²) in [7, 11) is 1.91. The summed E-state index contributed by atoms with van der Waals surface area (Å²) >= 11 is 5.17. The van der Waals surface area contributed by atoms with Gasteiger partial charge in [-0.2, -0.15) is 0 Å². The molecule has 0 aliphatic rings. The number of amides is 1. The lowest BCUT2D eigenvalue weighted by molar-refractivity contribution is -0.122. The van der Waals surface area contributed by atoms with Crippen molar-refractivity contribution in [1.29, 1.82) is 0 Å². The van der Waals surface area contributed by atoms with Crippen LogP contribution in [0.15, 0.2) is 30.3 Å². The maximum absolute atomic E-state index is 11.8. The Morgan fingerprint density at radius 2 is 1.95 bits per heavy atom. The van der Waals surface area contributed by atoms with E-state index in [9.17, 15) is 4.79 Å². The van der Waals surface area contributed by atoms with Crippen LogP contribution in [0.5, 0.6) is 0 Å². The van der Waals surface area contributed by atoms with Crippen molar-refractivity contribution in [2.24, 2.45) is 11.7 Å². The van der Waals surface area contributed by atoms with Gasteiger partial charge in [-0.3, -0.25) is 9.69 Å². The van der Waals surface area contributed by atoms with Gasteiger partial charge >= 0.3 is 0 Å². The first-order chi connectivity index (χ1) is 9.90. The fraction of sp³-hybridized carbons (Fsp3) is 0.500. The topological polar surface area (TPSA) is 58.4 Å². The molecule has 0 aliphatic carbocycles. The highest BCUT2D eigenvalue weighted by molar-refractivity contribution is 7.80. The van der Waals surface area contributed by atoms with E-state index in [1.165, 1.54) is 0 Å². The Labute approximate surface area is 132 Å². The number of carbonyl (C=O) groups excluding carboxylic acids is 1. The maximum atomic E-state index is 11.8. The van der Waals surface area contributed by atoms with Gasteiger partial charge in [0, 0.05) is 19.0 Å². The summed E-state index contributed by atoms with van der Waals surface area (Å²) in [5.41, 5.74) is 6.93. The first-order valence-electron chi connectivity index (χ1n) is 7.19. The van der Waals surface area contributed by atoms with Gasteiger partial charge in [0.05, 0.1) is 11.5 Å². The van der Waals surface area contributed by atoms with E-state index in [1.54, 1.807) is 0 Å². The van der Waals surface area contributed by atoms with E-state index in [4.69, 9.17) is 18.0 Å². The van der Waals surface area contributed by atoms with Gasteiger partial charge in [-0.25, -0.2) is 0 Å². The number of nitrogens with two attached hydrogens (primary N) is 1. The third-order valence-corrected chi connectivity index (χ3v) is 3.45. The molecule has 5 heteroatoms. The van der Waals surface area contributed by atoms with Crippen molar-refractivity contribution in [2.75, 3.05) is 26.7 Å². The van der Waals surface area contributed by atoms with Gasteiger partial charge in [0.25, 0.3) is 0 Å². The van der Waals surface area contributed by atoms with Crippen LogP contribution in [0.4, 0.5) is 0 Å². The van der Waals surface area contributed by atoms with Crippen LogP contribution < -0.4 is 11.1 Å². The van der Waals surface area contributed by atoms with Crippen LogP contribution in [0.2, 0.25) is 0 Å². The van der Waals surface area contributed by atoms with Crippen molar-refractivity contribution in [3.8, 4) is 0 Å². The molecule has 3 N–H and O–H groups in total. The second-order valence-corrected chi connectivity index (χ2v) is 6.23. The monoisotopic (exact) mass is 307 g/mol. The molecule has 1 unspecified atom stereocenters. The van der Waals surface area contributed by atoms with Crippen LogP contribution in [-0.2, 0) is 4.79 Å². The van der Waals surface area contributed by atoms with E-state index in [-0.39, 0.29) is 11.8 Å². The maximum Gasteiger partial charge on any atom is 0.234 e. The molecule has 0 fully saturated rings. The molecule has 1 atom stereocenters. The van der Waals surface area contributed by atoms with Crippen molar-refractivity contribution in [1.82, 2.24) is 10.2 Å². The lowest BCUT2D eigenvalue weighted by atomic mass is 9.98. The summed E-state index contributed by atoms with van der Waals surface area (Å²) in [5.74, 6) is 0.443. The van der Waals surface area contributed by atoms with Gasteiger partial charge in [0.2, 0.25) is 5.91 Å². The summed E-state index contributed by atoms with van der Waals surface area (Å²) in [4.78, 5) is 14.2. The SMILES string of the molecule is CC(C)CNC(=O)CN(C)CC(C(N)=S)c1ccccc1. The number of hydrogen-bond acceptors (Lipinski definition) is 3. The second kappa shape index (κ2) is 8.74. The number of rotatable bonds is 8. The highest BCUT2D eigenvalue weighted by Crippen LogP contribution is 2.16. The molecule has 0 radical (unpaired) electrons. The van der Waals surface area contributed by atoms with Gasteiger partial charge < -0.3 is 11.1 Å². The van der Waals surface area contributed by atoms with E-state index >= 15 is 0 Å². The number of nitrogens with zero attached hydrogens (tertiary/aromatic N) is 1. The third-order valence-electron chi connectivity index (χ3n) is 3.16. The van der Waals surface area contributed by atoms with E-state index < -0.39 is 0 Å². The number of hydrogen-bond donors (Lipinski definition) is 2. The van der Waals surface area contributed by atoms with Crippen LogP contribution in [0.1, 0.15) is 25.3 Å². The third kappa shape index (κ3) is 6.69. The minimum absolute atomic E-state index is 0.0287. The predicted octanol–water partition coefficient (Wildman–Crippen LogP) is 1.76. The zero-order valence-corrected chi connectivity index (χ0v) is 13.8. The van der Waals surface area contributed by atoms with Gasteiger partial charge in [-0.1, -0.05) is 56.4 Å². The molecule has 0 aliphatic heterocycles. The van der Waals surface area contributed by atoms with Crippen molar-refractivity contribution < 1.29 is 4.79 Å². The molecule has 0 bridgehead atoms. The summed E-state index contributed by atoms with van der Waals surface area (Å²) in [6, 6.07) is 9.92. The van der Waals surface area contributed by atoms with Gasteiger partial charge in [0.15, 0.2) is 0 Å².